The molecule has 0 saturated carbocycles. The molecule has 5 heteroatoms. The van der Waals surface area contributed by atoms with Crippen LogP contribution in [0.3, 0.4) is 0 Å². The van der Waals surface area contributed by atoms with Crippen LogP contribution >= 0.6 is 0 Å². The molecule has 0 radical (unpaired) electrons. The molecule has 0 aliphatic carbocycles. The number of rotatable bonds is 5. The molecular weight excluding hydrogens is 388 g/mol. The molecule has 1 aromatic carbocycles. The average molecular weight is 421 g/mol. The number of carbonyl (C=O) groups is 2. The van der Waals surface area contributed by atoms with Gasteiger partial charge in [0.25, 0.3) is 5.91 Å². The van der Waals surface area contributed by atoms with Crippen LogP contribution in [0.5, 0.6) is 0 Å². The van der Waals surface area contributed by atoms with Crippen molar-refractivity contribution in [2.75, 3.05) is 13.7 Å². The number of carbonyl (C=O) groups excluding carboxylic acids is 2. The van der Waals surface area contributed by atoms with Crippen molar-refractivity contribution in [3.63, 3.8) is 0 Å². The van der Waals surface area contributed by atoms with Gasteiger partial charge in [0.05, 0.1) is 23.9 Å². The standard InChI is InChI=1S/C26H32N2O3/c1-15(2)14-27-20(7)23(26(30)31-8)22(25(27)29)13-21-12-18(5)28(19(21)6)24-16(3)10-9-11-17(24)4/h9-13,15H,14H2,1-8H3/b22-13-. The molecule has 0 fully saturated rings. The number of hydrogen-bond acceptors (Lipinski definition) is 3. The minimum Gasteiger partial charge on any atom is -0.465 e. The molecule has 0 unspecified atom stereocenters. The first-order chi connectivity index (χ1) is 14.6. The predicted molar refractivity (Wildman–Crippen MR) is 124 cm³/mol. The number of esters is 1. The highest BCUT2D eigenvalue weighted by Gasteiger charge is 2.37. The van der Waals surface area contributed by atoms with E-state index < -0.39 is 5.97 Å². The number of nitrogens with zero attached hydrogens (tertiary/aromatic N) is 2. The van der Waals surface area contributed by atoms with Crippen LogP contribution in [-0.4, -0.2) is 35.0 Å². The zero-order chi connectivity index (χ0) is 23.0. The number of amides is 1. The van der Waals surface area contributed by atoms with Gasteiger partial charge in [0.2, 0.25) is 0 Å². The van der Waals surface area contributed by atoms with Crippen LogP contribution in [0.15, 0.2) is 41.1 Å². The number of allylic oxidation sites excluding steroid dienone is 1. The largest absolute Gasteiger partial charge is 0.465 e. The summed E-state index contributed by atoms with van der Waals surface area (Å²) >= 11 is 0. The highest BCUT2D eigenvalue weighted by Crippen LogP contribution is 2.34. The topological polar surface area (TPSA) is 51.5 Å². The van der Waals surface area contributed by atoms with Gasteiger partial charge in [-0.2, -0.15) is 0 Å². The summed E-state index contributed by atoms with van der Waals surface area (Å²) in [6.07, 6.45) is 1.84. The van der Waals surface area contributed by atoms with Crippen molar-refractivity contribution in [1.82, 2.24) is 9.47 Å². The van der Waals surface area contributed by atoms with E-state index in [1.54, 1.807) is 4.90 Å². The molecular formula is C26H32N2O3. The molecule has 5 nitrogen and oxygen atoms in total. The van der Waals surface area contributed by atoms with E-state index in [1.165, 1.54) is 18.2 Å². The fraction of sp³-hybridized carbons (Fsp3) is 0.385. The Morgan fingerprint density at radius 3 is 2.26 bits per heavy atom. The van der Waals surface area contributed by atoms with E-state index >= 15 is 0 Å². The maximum Gasteiger partial charge on any atom is 0.340 e. The molecule has 1 aromatic heterocycles. The van der Waals surface area contributed by atoms with E-state index in [1.807, 2.05) is 19.9 Å². The molecule has 1 aliphatic rings. The van der Waals surface area contributed by atoms with E-state index in [-0.39, 0.29) is 11.8 Å². The number of ether oxygens (including phenoxy) is 1. The molecule has 31 heavy (non-hydrogen) atoms. The third-order valence-electron chi connectivity index (χ3n) is 5.88. The van der Waals surface area contributed by atoms with Crippen molar-refractivity contribution in [1.29, 1.82) is 0 Å². The average Bonchev–Trinajstić information content (AvgIpc) is 3.09. The van der Waals surface area contributed by atoms with Crippen LogP contribution in [0.4, 0.5) is 0 Å². The van der Waals surface area contributed by atoms with Gasteiger partial charge in [-0.15, -0.1) is 0 Å². The molecule has 1 amide bonds. The molecule has 0 saturated heterocycles. The second-order valence-electron chi connectivity index (χ2n) is 8.72. The second kappa shape index (κ2) is 8.58. The summed E-state index contributed by atoms with van der Waals surface area (Å²) in [4.78, 5) is 27.5. The van der Waals surface area contributed by atoms with E-state index in [0.717, 1.165) is 22.6 Å². The Bertz CT molecular complexity index is 1100. The lowest BCUT2D eigenvalue weighted by atomic mass is 10.0. The molecule has 0 bridgehead atoms. The van der Waals surface area contributed by atoms with Crippen molar-refractivity contribution in [3.8, 4) is 5.69 Å². The van der Waals surface area contributed by atoms with Gasteiger partial charge in [-0.1, -0.05) is 32.0 Å². The van der Waals surface area contributed by atoms with E-state index in [9.17, 15) is 9.59 Å². The second-order valence-corrected chi connectivity index (χ2v) is 8.72. The Kier molecular flexibility index (Phi) is 6.25. The molecule has 2 aromatic rings. The normalized spacial score (nSPS) is 15.6. The Morgan fingerprint density at radius 2 is 1.71 bits per heavy atom. The Morgan fingerprint density at radius 1 is 1.10 bits per heavy atom. The Labute approximate surface area is 185 Å². The lowest BCUT2D eigenvalue weighted by Crippen LogP contribution is -2.28. The monoisotopic (exact) mass is 420 g/mol. The number of aryl methyl sites for hydroxylation is 3. The third-order valence-corrected chi connectivity index (χ3v) is 5.88. The van der Waals surface area contributed by atoms with Gasteiger partial charge in [-0.25, -0.2) is 4.79 Å². The van der Waals surface area contributed by atoms with Crippen molar-refractivity contribution in [3.05, 3.63) is 69.2 Å². The SMILES string of the molecule is COC(=O)C1=C(C)N(CC(C)C)C(=O)/C1=C\c1cc(C)n(-c2c(C)cccc2C)c1C. The summed E-state index contributed by atoms with van der Waals surface area (Å²) in [5.74, 6) is -0.346. The van der Waals surface area contributed by atoms with Gasteiger partial charge in [0.15, 0.2) is 0 Å². The van der Waals surface area contributed by atoms with Gasteiger partial charge in [0.1, 0.15) is 0 Å². The number of aromatic nitrogens is 1. The smallest absolute Gasteiger partial charge is 0.340 e. The molecule has 0 spiro atoms. The van der Waals surface area contributed by atoms with Crippen LogP contribution in [-0.2, 0) is 14.3 Å². The van der Waals surface area contributed by atoms with Gasteiger partial charge < -0.3 is 14.2 Å². The highest BCUT2D eigenvalue weighted by molar-refractivity contribution is 6.16. The molecule has 1 aliphatic heterocycles. The number of methoxy groups -OCH3 is 1. The molecule has 0 atom stereocenters. The van der Waals surface area contributed by atoms with E-state index in [0.29, 0.717) is 23.4 Å². The maximum absolute atomic E-state index is 13.3. The zero-order valence-corrected chi connectivity index (χ0v) is 19.8. The molecule has 3 rings (SSSR count). The summed E-state index contributed by atoms with van der Waals surface area (Å²) in [6.45, 7) is 14.8. The predicted octanol–water partition coefficient (Wildman–Crippen LogP) is 5.04. The molecule has 2 heterocycles. The Balaban J connectivity index is 2.17. The quantitative estimate of drug-likeness (QED) is 0.503. The number of benzene rings is 1. The highest BCUT2D eigenvalue weighted by atomic mass is 16.5. The first kappa shape index (κ1) is 22.6. The van der Waals surface area contributed by atoms with Gasteiger partial charge in [0, 0.05) is 23.6 Å². The van der Waals surface area contributed by atoms with E-state index in [2.05, 4.69) is 63.5 Å². The summed E-state index contributed by atoms with van der Waals surface area (Å²) in [5.41, 5.74) is 7.95. The number of para-hydroxylation sites is 1. The van der Waals surface area contributed by atoms with Crippen LogP contribution in [0.25, 0.3) is 11.8 Å². The van der Waals surface area contributed by atoms with Crippen molar-refractivity contribution in [2.24, 2.45) is 5.92 Å². The zero-order valence-electron chi connectivity index (χ0n) is 19.8. The van der Waals surface area contributed by atoms with E-state index in [4.69, 9.17) is 4.74 Å². The lowest BCUT2D eigenvalue weighted by molar-refractivity contribution is -0.136. The fourth-order valence-electron chi connectivity index (χ4n) is 4.40. The van der Waals surface area contributed by atoms with Crippen LogP contribution in [0.2, 0.25) is 0 Å². The van der Waals surface area contributed by atoms with Crippen molar-refractivity contribution < 1.29 is 14.3 Å². The minimum atomic E-state index is -0.480. The fourth-order valence-corrected chi connectivity index (χ4v) is 4.40. The minimum absolute atomic E-state index is 0.150. The van der Waals surface area contributed by atoms with Gasteiger partial charge in [-0.05, 0) is 69.4 Å². The van der Waals surface area contributed by atoms with Crippen molar-refractivity contribution in [2.45, 2.75) is 48.5 Å². The maximum atomic E-state index is 13.3. The van der Waals surface area contributed by atoms with Crippen LogP contribution < -0.4 is 0 Å². The van der Waals surface area contributed by atoms with Crippen molar-refractivity contribution >= 4 is 18.0 Å². The first-order valence-corrected chi connectivity index (χ1v) is 10.7. The summed E-state index contributed by atoms with van der Waals surface area (Å²) < 4.78 is 7.23. The van der Waals surface area contributed by atoms with Crippen LogP contribution in [0.1, 0.15) is 48.8 Å². The van der Waals surface area contributed by atoms with Gasteiger partial charge >= 0.3 is 5.97 Å². The molecule has 0 N–H and O–H groups in total. The first-order valence-electron chi connectivity index (χ1n) is 10.7. The molecule has 164 valence electrons. The van der Waals surface area contributed by atoms with Crippen LogP contribution in [0, 0.1) is 33.6 Å². The Hall–Kier alpha value is -3.08. The summed E-state index contributed by atoms with van der Waals surface area (Å²) in [7, 11) is 1.35. The third kappa shape index (κ3) is 3.97. The lowest BCUT2D eigenvalue weighted by Gasteiger charge is -2.19. The summed E-state index contributed by atoms with van der Waals surface area (Å²) in [6, 6.07) is 8.33. The van der Waals surface area contributed by atoms with Gasteiger partial charge in [-0.3, -0.25) is 4.79 Å². The summed E-state index contributed by atoms with van der Waals surface area (Å²) in [5, 5.41) is 0. The number of hydrogen-bond donors (Lipinski definition) is 0.